The van der Waals surface area contributed by atoms with Gasteiger partial charge in [-0.05, 0) is 31.5 Å². The molecule has 21 heavy (non-hydrogen) atoms. The Bertz CT molecular complexity index is 601. The second-order valence-electron chi connectivity index (χ2n) is 6.02. The first kappa shape index (κ1) is 13.7. The minimum Gasteiger partial charge on any atom is -0.382 e. The van der Waals surface area contributed by atoms with E-state index in [0.29, 0.717) is 25.1 Å². The van der Waals surface area contributed by atoms with Gasteiger partial charge in [-0.1, -0.05) is 0 Å². The molecule has 1 aromatic rings. The Morgan fingerprint density at radius 3 is 2.62 bits per heavy atom. The molecule has 0 radical (unpaired) electrons. The molecule has 2 aliphatic heterocycles. The number of carbonyl (C=O) groups excluding carboxylic acids is 2. The molecule has 0 aromatic heterocycles. The highest BCUT2D eigenvalue weighted by Crippen LogP contribution is 2.31. The van der Waals surface area contributed by atoms with E-state index in [2.05, 4.69) is 10.6 Å². The van der Waals surface area contributed by atoms with E-state index in [4.69, 9.17) is 5.73 Å². The van der Waals surface area contributed by atoms with Crippen molar-refractivity contribution in [3.63, 3.8) is 0 Å². The highest BCUT2D eigenvalue weighted by atomic mass is 16.2. The predicted molar refractivity (Wildman–Crippen MR) is 81.2 cm³/mol. The first-order valence-electron chi connectivity index (χ1n) is 7.21. The summed E-state index contributed by atoms with van der Waals surface area (Å²) in [5, 5.41) is 6.55. The number of primary amides is 1. The van der Waals surface area contributed by atoms with Crippen molar-refractivity contribution >= 4 is 23.2 Å². The van der Waals surface area contributed by atoms with Gasteiger partial charge in [0.1, 0.15) is 0 Å². The molecule has 0 bridgehead atoms. The second kappa shape index (κ2) is 4.95. The van der Waals surface area contributed by atoms with E-state index in [9.17, 15) is 9.59 Å². The molecule has 0 spiro atoms. The van der Waals surface area contributed by atoms with Gasteiger partial charge in [-0.15, -0.1) is 0 Å². The number of anilines is 2. The van der Waals surface area contributed by atoms with E-state index < -0.39 is 5.41 Å². The fourth-order valence-corrected chi connectivity index (χ4v) is 2.89. The third-order valence-electron chi connectivity index (χ3n) is 4.38. The maximum atomic E-state index is 12.6. The predicted octanol–water partition coefficient (Wildman–Crippen LogP) is 0.861. The first-order chi connectivity index (χ1) is 9.99. The zero-order valence-electron chi connectivity index (χ0n) is 12.1. The van der Waals surface area contributed by atoms with Crippen molar-refractivity contribution in [1.82, 2.24) is 4.90 Å². The smallest absolute Gasteiger partial charge is 0.253 e. The van der Waals surface area contributed by atoms with E-state index in [1.165, 1.54) is 0 Å². The van der Waals surface area contributed by atoms with Crippen LogP contribution in [0.2, 0.25) is 0 Å². The Balaban J connectivity index is 1.79. The Kier molecular flexibility index (Phi) is 3.23. The molecular weight excluding hydrogens is 268 g/mol. The molecule has 6 heteroatoms. The van der Waals surface area contributed by atoms with Gasteiger partial charge in [-0.25, -0.2) is 0 Å². The van der Waals surface area contributed by atoms with Crippen LogP contribution in [0.25, 0.3) is 0 Å². The zero-order chi connectivity index (χ0) is 15.0. The van der Waals surface area contributed by atoms with E-state index in [1.807, 2.05) is 25.1 Å². The van der Waals surface area contributed by atoms with Crippen molar-refractivity contribution in [2.24, 2.45) is 11.1 Å². The number of benzene rings is 1. The van der Waals surface area contributed by atoms with Gasteiger partial charge in [0.15, 0.2) is 0 Å². The molecule has 2 amide bonds. The summed E-state index contributed by atoms with van der Waals surface area (Å²) >= 11 is 0. The number of nitrogens with one attached hydrogen (secondary N) is 2. The van der Waals surface area contributed by atoms with Gasteiger partial charge in [0.2, 0.25) is 5.91 Å². The summed E-state index contributed by atoms with van der Waals surface area (Å²) in [5.74, 6) is -0.385. The number of amides is 2. The highest BCUT2D eigenvalue weighted by Gasteiger charge is 2.40. The van der Waals surface area contributed by atoms with Crippen LogP contribution in [0.5, 0.6) is 0 Å². The quantitative estimate of drug-likeness (QED) is 0.753. The average Bonchev–Trinajstić information content (AvgIpc) is 2.90. The number of likely N-dealkylation sites (tertiary alicyclic amines) is 1. The minimum atomic E-state index is -0.607. The lowest BCUT2D eigenvalue weighted by molar-refractivity contribution is -0.126. The average molecular weight is 288 g/mol. The Labute approximate surface area is 123 Å². The number of carbonyl (C=O) groups is 2. The van der Waals surface area contributed by atoms with Crippen molar-refractivity contribution in [2.45, 2.75) is 13.3 Å². The van der Waals surface area contributed by atoms with E-state index in [1.54, 1.807) is 4.90 Å². The van der Waals surface area contributed by atoms with Crippen LogP contribution in [-0.4, -0.2) is 42.9 Å². The first-order valence-corrected chi connectivity index (χ1v) is 7.21. The van der Waals surface area contributed by atoms with E-state index >= 15 is 0 Å². The lowest BCUT2D eigenvalue weighted by Gasteiger charge is -2.23. The SMILES string of the molecule is CC1(C(N)=O)CCN(C(=O)c2ccc3c(c2)NCCN3)C1. The van der Waals surface area contributed by atoms with Crippen LogP contribution in [0.3, 0.4) is 0 Å². The maximum absolute atomic E-state index is 12.6. The van der Waals surface area contributed by atoms with Crippen molar-refractivity contribution in [2.75, 3.05) is 36.8 Å². The summed E-state index contributed by atoms with van der Waals surface area (Å²) in [6.07, 6.45) is 0.624. The normalized spacial score (nSPS) is 24.0. The van der Waals surface area contributed by atoms with Gasteiger partial charge in [0.25, 0.3) is 5.91 Å². The maximum Gasteiger partial charge on any atom is 0.253 e. The topological polar surface area (TPSA) is 87.5 Å². The van der Waals surface area contributed by atoms with Gasteiger partial charge in [0.05, 0.1) is 16.8 Å². The van der Waals surface area contributed by atoms with Crippen LogP contribution in [0.4, 0.5) is 11.4 Å². The summed E-state index contributed by atoms with van der Waals surface area (Å²) in [6, 6.07) is 5.60. The van der Waals surface area contributed by atoms with Crippen LogP contribution >= 0.6 is 0 Å². The molecule has 4 N–H and O–H groups in total. The summed E-state index contributed by atoms with van der Waals surface area (Å²) in [6.45, 7) is 4.50. The van der Waals surface area contributed by atoms with E-state index in [0.717, 1.165) is 24.5 Å². The highest BCUT2D eigenvalue weighted by molar-refractivity contribution is 5.97. The zero-order valence-corrected chi connectivity index (χ0v) is 12.1. The Morgan fingerprint density at radius 1 is 1.24 bits per heavy atom. The molecule has 0 aliphatic carbocycles. The van der Waals surface area contributed by atoms with Crippen molar-refractivity contribution in [1.29, 1.82) is 0 Å². The fourth-order valence-electron chi connectivity index (χ4n) is 2.89. The lowest BCUT2D eigenvalue weighted by atomic mass is 9.89. The summed E-state index contributed by atoms with van der Waals surface area (Å²) in [5.41, 5.74) is 7.42. The largest absolute Gasteiger partial charge is 0.382 e. The molecule has 1 atom stereocenters. The molecule has 1 fully saturated rings. The fraction of sp³-hybridized carbons (Fsp3) is 0.467. The number of nitrogens with two attached hydrogens (primary N) is 1. The van der Waals surface area contributed by atoms with Gasteiger partial charge in [-0.2, -0.15) is 0 Å². The molecule has 2 heterocycles. The lowest BCUT2D eigenvalue weighted by Crippen LogP contribution is -2.38. The third kappa shape index (κ3) is 2.41. The van der Waals surface area contributed by atoms with Crippen molar-refractivity contribution in [3.05, 3.63) is 23.8 Å². The standard InChI is InChI=1S/C15H20N4O2/c1-15(14(16)21)4-7-19(9-15)13(20)10-2-3-11-12(8-10)18-6-5-17-11/h2-3,8,17-18H,4-7,9H2,1H3,(H2,16,21). The molecule has 1 saturated heterocycles. The number of fused-ring (bicyclic) bond motifs is 1. The monoisotopic (exact) mass is 288 g/mol. The number of hydrogen-bond acceptors (Lipinski definition) is 4. The molecule has 2 aliphatic rings. The molecule has 112 valence electrons. The number of nitrogens with zero attached hydrogens (tertiary/aromatic N) is 1. The third-order valence-corrected chi connectivity index (χ3v) is 4.38. The van der Waals surface area contributed by atoms with Gasteiger partial charge in [-0.3, -0.25) is 9.59 Å². The summed E-state index contributed by atoms with van der Waals surface area (Å²) < 4.78 is 0. The van der Waals surface area contributed by atoms with Gasteiger partial charge >= 0.3 is 0 Å². The van der Waals surface area contributed by atoms with Gasteiger partial charge in [0, 0.05) is 31.7 Å². The molecule has 0 saturated carbocycles. The van der Waals surface area contributed by atoms with E-state index in [-0.39, 0.29) is 11.8 Å². The van der Waals surface area contributed by atoms with Gasteiger partial charge < -0.3 is 21.3 Å². The second-order valence-corrected chi connectivity index (χ2v) is 6.02. The Morgan fingerprint density at radius 2 is 1.95 bits per heavy atom. The number of hydrogen-bond donors (Lipinski definition) is 3. The Hall–Kier alpha value is -2.24. The van der Waals surface area contributed by atoms with Crippen LogP contribution in [0.1, 0.15) is 23.7 Å². The van der Waals surface area contributed by atoms with Crippen LogP contribution in [-0.2, 0) is 4.79 Å². The summed E-state index contributed by atoms with van der Waals surface area (Å²) in [7, 11) is 0. The molecule has 3 rings (SSSR count). The molecule has 6 nitrogen and oxygen atoms in total. The molecule has 1 unspecified atom stereocenters. The molecular formula is C15H20N4O2. The van der Waals surface area contributed by atoms with Crippen molar-refractivity contribution in [3.8, 4) is 0 Å². The molecule has 1 aromatic carbocycles. The van der Waals surface area contributed by atoms with Crippen LogP contribution in [0.15, 0.2) is 18.2 Å². The minimum absolute atomic E-state index is 0.0462. The van der Waals surface area contributed by atoms with Crippen LogP contribution < -0.4 is 16.4 Å². The van der Waals surface area contributed by atoms with Crippen molar-refractivity contribution < 1.29 is 9.59 Å². The summed E-state index contributed by atoms with van der Waals surface area (Å²) in [4.78, 5) is 25.8. The number of rotatable bonds is 2. The van der Waals surface area contributed by atoms with Crippen LogP contribution in [0, 0.1) is 5.41 Å².